The lowest BCUT2D eigenvalue weighted by atomic mass is 9.60. The Balaban J connectivity index is 0.0000000883. The molecule has 10 aliphatic rings. The van der Waals surface area contributed by atoms with Crippen molar-refractivity contribution in [1.82, 2.24) is 33.1 Å². The summed E-state index contributed by atoms with van der Waals surface area (Å²) in [5.41, 5.74) is 47.8. The quantitative estimate of drug-likeness (QED) is 0.0760. The first kappa shape index (κ1) is 83.9. The van der Waals surface area contributed by atoms with E-state index in [2.05, 4.69) is 356 Å². The third-order valence-electron chi connectivity index (χ3n) is 38.4. The second-order valence-corrected chi connectivity index (χ2v) is 46.5. The van der Waals surface area contributed by atoms with Crippen molar-refractivity contribution in [3.05, 3.63) is 253 Å². The molecule has 4 N–H and O–H groups in total. The van der Waals surface area contributed by atoms with Crippen LogP contribution >= 0.6 is 0 Å². The zero-order valence-corrected chi connectivity index (χ0v) is 83.7. The first-order valence-corrected chi connectivity index (χ1v) is 48.6. The molecule has 23 nitrogen and oxygen atoms in total. The van der Waals surface area contributed by atoms with Crippen molar-refractivity contribution in [3.63, 3.8) is 0 Å². The summed E-state index contributed by atoms with van der Waals surface area (Å²) in [4.78, 5) is 9.65. The highest BCUT2D eigenvalue weighted by molar-refractivity contribution is 6.33. The van der Waals surface area contributed by atoms with Crippen LogP contribution in [-0.4, -0.2) is 67.9 Å². The number of imidazole rings is 5. The lowest BCUT2D eigenvalue weighted by Crippen LogP contribution is -2.52. The number of hydrogen-bond acceptors (Lipinski definition) is 8. The molecule has 0 saturated heterocycles. The molecule has 0 unspecified atom stereocenters. The molecule has 0 saturated carbocycles. The Morgan fingerprint density at radius 1 is 0.316 bits per heavy atom. The van der Waals surface area contributed by atoms with Gasteiger partial charge in [-0.05, 0) is 70.2 Å². The Morgan fingerprint density at radius 2 is 0.632 bits per heavy atom. The number of fused-ring (bicyclic) bond motifs is 5. The first-order valence-electron chi connectivity index (χ1n) is 48.6. The standard InChI is InChI=1S/2C23H25N3.C22H24BN3O3.C22H24N4.C21H23BN4O3/c2*1-13-20-23(4,5)22(2,3)16-9-7-8-15-18(16)26(20)21-17-14(12-25(13)21)10-11-24(6)19(15)17;1-12-19-22(4,5)21(2,3)15-8-6-7-14-17(15)26(19)20-16-13(11-24(12)20)9-10-25(18(14)16)29-23(27)28;1-12-19-22(4,5)21(2,3)14-7-9-23-16-17(14)26(19)20-15-13(11-25(12)20)8-10-24(6)18(15)16;1-11-18-21(4,5)20(2,3)13-6-8-23-15-16(13)26(18)19-14-12(10-24(11)19)7-9-25(17(14)15)29-22(27)28/h2*7-11H,12H2,1-6H3;6-10,27-28H,11H2,1-5H3;7-10H,11H2,1-6H3;6-9,27-28H,10H2,1-5H3/q5*+2. The summed E-state index contributed by atoms with van der Waals surface area (Å²) < 4.78 is 45.4. The average Bonchev–Trinajstić information content (AvgIpc) is 1.50. The van der Waals surface area contributed by atoms with Gasteiger partial charge in [-0.2, -0.15) is 17.8 Å². The summed E-state index contributed by atoms with van der Waals surface area (Å²) in [5.74, 6) is 0. The van der Waals surface area contributed by atoms with Crippen LogP contribution in [0.4, 0.5) is 0 Å². The molecule has 10 aliphatic heterocycles. The van der Waals surface area contributed by atoms with Crippen LogP contribution in [0, 0.1) is 34.6 Å². The molecule has 0 fully saturated rings. The summed E-state index contributed by atoms with van der Waals surface area (Å²) >= 11 is 0. The van der Waals surface area contributed by atoms with Crippen molar-refractivity contribution >= 4 is 152 Å². The number of aromatic nitrogens is 17. The second kappa shape index (κ2) is 25.6. The molecule has 682 valence electrons. The van der Waals surface area contributed by atoms with E-state index >= 15 is 0 Å². The van der Waals surface area contributed by atoms with Crippen molar-refractivity contribution in [2.75, 3.05) is 0 Å². The molecule has 136 heavy (non-hydrogen) atoms. The summed E-state index contributed by atoms with van der Waals surface area (Å²) in [7, 11) is 2.71. The van der Waals surface area contributed by atoms with E-state index in [-0.39, 0.29) is 54.1 Å². The van der Waals surface area contributed by atoms with Gasteiger partial charge >= 0.3 is 42.9 Å². The molecule has 0 spiro atoms. The summed E-state index contributed by atoms with van der Waals surface area (Å²) in [6, 6.07) is 35.5. The third-order valence-corrected chi connectivity index (χ3v) is 38.4. The lowest BCUT2D eigenvalue weighted by Gasteiger charge is -2.43. The van der Waals surface area contributed by atoms with E-state index in [1.165, 1.54) is 205 Å². The van der Waals surface area contributed by atoms with Gasteiger partial charge in [0, 0.05) is 177 Å². The van der Waals surface area contributed by atoms with E-state index in [0.29, 0.717) is 0 Å². The minimum Gasteiger partial charge on any atom is -0.421 e. The monoisotopic (exact) mass is 1810 g/mol. The van der Waals surface area contributed by atoms with Crippen LogP contribution in [0.15, 0.2) is 140 Å². The van der Waals surface area contributed by atoms with Gasteiger partial charge < -0.3 is 29.6 Å². The van der Waals surface area contributed by atoms with Gasteiger partial charge in [0.2, 0.25) is 22.1 Å². The number of nitrogens with zero attached hydrogens (tertiary/aromatic N) is 17. The van der Waals surface area contributed by atoms with Crippen LogP contribution < -0.4 is 54.3 Å². The molecular weight excluding hydrogens is 1690 g/mol. The van der Waals surface area contributed by atoms with Crippen LogP contribution in [0.3, 0.4) is 0 Å². The number of benzene rings is 3. The second-order valence-electron chi connectivity index (χ2n) is 46.5. The first-order chi connectivity index (χ1) is 64.1. The van der Waals surface area contributed by atoms with Crippen molar-refractivity contribution in [3.8, 4) is 0 Å². The maximum absolute atomic E-state index is 9.50. The Bertz CT molecular complexity index is 8510. The Labute approximate surface area is 789 Å². The molecule has 25 heteroatoms. The van der Waals surface area contributed by atoms with Gasteiger partial charge in [0.1, 0.15) is 85.1 Å². The molecule has 0 amide bonds. The van der Waals surface area contributed by atoms with Gasteiger partial charge in [0.25, 0.3) is 28.3 Å². The summed E-state index contributed by atoms with van der Waals surface area (Å²) in [6.45, 7) is 63.4. The largest absolute Gasteiger partial charge is 0.728 e. The van der Waals surface area contributed by atoms with Crippen LogP contribution in [0.25, 0.3) is 138 Å². The smallest absolute Gasteiger partial charge is 0.421 e. The highest BCUT2D eigenvalue weighted by atomic mass is 16.7. The minimum atomic E-state index is -1.91. The Morgan fingerprint density at radius 3 is 1.03 bits per heavy atom. The molecule has 20 aromatic rings. The number of aryl methyl sites for hydroxylation is 3. The molecule has 27 heterocycles. The van der Waals surface area contributed by atoms with Crippen molar-refractivity contribution in [1.29, 1.82) is 0 Å². The highest BCUT2D eigenvalue weighted by Gasteiger charge is 2.63. The number of rotatable bonds is 4. The molecular formula is C111H121B2N17O6+10. The fourth-order valence-corrected chi connectivity index (χ4v) is 28.4. The zero-order valence-electron chi connectivity index (χ0n) is 83.7. The molecule has 0 radical (unpaired) electrons. The van der Waals surface area contributed by atoms with Crippen molar-refractivity contribution in [2.24, 2.45) is 21.1 Å². The van der Waals surface area contributed by atoms with E-state index in [1.54, 1.807) is 12.4 Å². The lowest BCUT2D eigenvalue weighted by molar-refractivity contribution is -0.693. The number of hydrogen-bond donors (Lipinski definition) is 4. The number of pyridine rings is 12. The molecule has 0 atom stereocenters. The highest BCUT2D eigenvalue weighted by Crippen LogP contribution is 2.58. The fourth-order valence-electron chi connectivity index (χ4n) is 28.4. The maximum atomic E-state index is 9.50. The zero-order chi connectivity index (χ0) is 95.4. The molecule has 0 aliphatic carbocycles. The predicted octanol–water partition coefficient (Wildman–Crippen LogP) is 12.5. The van der Waals surface area contributed by atoms with Crippen LogP contribution in [-0.2, 0) is 108 Å². The van der Waals surface area contributed by atoms with Crippen LogP contribution in [0.5, 0.6) is 0 Å². The summed E-state index contributed by atoms with van der Waals surface area (Å²) in [6.07, 6.45) is 14.0. The molecule has 0 bridgehead atoms. The van der Waals surface area contributed by atoms with E-state index in [0.717, 1.165) is 87.8 Å². The van der Waals surface area contributed by atoms with Gasteiger partial charge in [-0.15, -0.1) is 9.13 Å². The Kier molecular flexibility index (Phi) is 15.8. The van der Waals surface area contributed by atoms with E-state index in [1.807, 2.05) is 24.5 Å². The van der Waals surface area contributed by atoms with Crippen LogP contribution in [0.1, 0.15) is 251 Å². The van der Waals surface area contributed by atoms with E-state index < -0.39 is 14.6 Å². The molecule has 17 aromatic heterocycles. The molecule has 3 aromatic carbocycles. The summed E-state index contributed by atoms with van der Waals surface area (Å²) in [5, 5.41) is 48.2. The maximum Gasteiger partial charge on any atom is 0.728 e. The van der Waals surface area contributed by atoms with Gasteiger partial charge in [-0.25, -0.2) is 42.3 Å². The average molecular weight is 1810 g/mol. The fraction of sp³-hybridized carbons (Fsp3) is 0.387. The Hall–Kier alpha value is -12.7. The topological polar surface area (TPSA) is 190 Å². The van der Waals surface area contributed by atoms with Gasteiger partial charge in [0.15, 0.2) is 87.1 Å². The van der Waals surface area contributed by atoms with Crippen molar-refractivity contribution < 1.29 is 74.4 Å². The minimum absolute atomic E-state index is 0.0289. The van der Waals surface area contributed by atoms with Crippen molar-refractivity contribution in [2.45, 2.75) is 260 Å². The normalized spacial score (nSPS) is 18.4. The van der Waals surface area contributed by atoms with E-state index in [9.17, 15) is 20.1 Å². The van der Waals surface area contributed by atoms with Gasteiger partial charge in [-0.1, -0.05) is 156 Å². The predicted molar refractivity (Wildman–Crippen MR) is 526 cm³/mol. The number of para-hydroxylation sites is 3. The van der Waals surface area contributed by atoms with Crippen LogP contribution in [0.2, 0.25) is 0 Å². The van der Waals surface area contributed by atoms with Gasteiger partial charge in [-0.3, -0.25) is 0 Å². The van der Waals surface area contributed by atoms with E-state index in [4.69, 9.17) is 19.5 Å². The SMILES string of the molecule is Cc1c2[n+]3c4c(cccc4c4c5c(cc[n+]4C)Cn1c53)C(C)(C)C2(C)C.Cc1c2[n+]3c4c(cccc4c4c5c(cc[n+]4C)Cn1c53)C(C)(C)C2(C)C.Cc1c2[n+]3c4c(cccc4c4c5c(ccn4OB(O)O)C[n+]1c53)C(C)(C)C2(C)C.Cc1c2[n+]3c4c(ccnc4c4c5c(cc[n+]4C)Cn1c53)C(C)(C)C2(C)C.Cc1c2[n+]3c4c(ccnc4c4c5c(ccn4OB(O)O)C[n+]1c53)C(C)(C)C2(C)C. The molecule has 30 rings (SSSR count). The third kappa shape index (κ3) is 9.27. The van der Waals surface area contributed by atoms with Gasteiger partial charge in [0.05, 0.1) is 27.0 Å².